The van der Waals surface area contributed by atoms with E-state index in [9.17, 15) is 5.11 Å². The molecule has 2 aromatic rings. The third-order valence-corrected chi connectivity index (χ3v) is 3.39. The Morgan fingerprint density at radius 3 is 2.41 bits per heavy atom. The average Bonchev–Trinajstić information content (AvgIpc) is 2.98. The van der Waals surface area contributed by atoms with E-state index in [0.29, 0.717) is 27.2 Å². The number of nitrogens with zero attached hydrogens (tertiary/aromatic N) is 1. The molecule has 5 heteroatoms. The van der Waals surface area contributed by atoms with Gasteiger partial charge >= 0.3 is 0 Å². The zero-order valence-electron chi connectivity index (χ0n) is 8.78. The fraction of sp³-hybridized carbons (Fsp3) is 0.250. The number of hydrogen-bond donors (Lipinski definition) is 1. The number of hydrogen-bond acceptors (Lipinski definition) is 3. The number of phenols is 1. The summed E-state index contributed by atoms with van der Waals surface area (Å²) in [6.07, 6.45) is 2.29. The average molecular weight is 270 g/mol. The third kappa shape index (κ3) is 2.01. The van der Waals surface area contributed by atoms with E-state index >= 15 is 0 Å². The van der Waals surface area contributed by atoms with Gasteiger partial charge in [-0.25, -0.2) is 0 Å². The summed E-state index contributed by atoms with van der Waals surface area (Å²) < 4.78 is 5.25. The molecule has 0 radical (unpaired) electrons. The van der Waals surface area contributed by atoms with Crippen molar-refractivity contribution < 1.29 is 9.63 Å². The van der Waals surface area contributed by atoms with Crippen molar-refractivity contribution in [2.75, 3.05) is 0 Å². The van der Waals surface area contributed by atoms with Gasteiger partial charge in [-0.3, -0.25) is 0 Å². The van der Waals surface area contributed by atoms with Crippen molar-refractivity contribution in [2.45, 2.75) is 18.8 Å². The van der Waals surface area contributed by atoms with Crippen LogP contribution in [0.4, 0.5) is 0 Å². The number of aromatic nitrogens is 1. The maximum Gasteiger partial charge on any atom is 0.140 e. The Hall–Kier alpha value is -1.19. The van der Waals surface area contributed by atoms with Crippen molar-refractivity contribution in [1.82, 2.24) is 5.16 Å². The van der Waals surface area contributed by atoms with Crippen LogP contribution in [-0.4, -0.2) is 10.3 Å². The van der Waals surface area contributed by atoms with E-state index in [1.165, 1.54) is 12.1 Å². The number of phenolic OH excluding ortho intramolecular Hbond substituents is 1. The lowest BCUT2D eigenvalue weighted by atomic mass is 10.1. The highest BCUT2D eigenvalue weighted by molar-refractivity contribution is 6.39. The molecule has 1 aliphatic rings. The summed E-state index contributed by atoms with van der Waals surface area (Å²) in [6.45, 7) is 0. The van der Waals surface area contributed by atoms with Crippen LogP contribution in [0.1, 0.15) is 24.5 Å². The summed E-state index contributed by atoms with van der Waals surface area (Å²) in [5, 5.41) is 14.1. The molecule has 0 atom stereocenters. The fourth-order valence-corrected chi connectivity index (χ4v) is 2.44. The van der Waals surface area contributed by atoms with Crippen molar-refractivity contribution in [3.63, 3.8) is 0 Å². The maximum absolute atomic E-state index is 9.36. The Bertz CT molecular complexity index is 553. The fourth-order valence-electron chi connectivity index (χ4n) is 1.77. The molecule has 1 N–H and O–H groups in total. The third-order valence-electron chi connectivity index (χ3n) is 2.79. The van der Waals surface area contributed by atoms with Crippen LogP contribution in [0.3, 0.4) is 0 Å². The molecule has 0 aliphatic heterocycles. The van der Waals surface area contributed by atoms with E-state index < -0.39 is 0 Å². The van der Waals surface area contributed by atoms with Crippen LogP contribution in [0.25, 0.3) is 11.3 Å². The molecule has 0 amide bonds. The molecule has 1 fully saturated rings. The highest BCUT2D eigenvalue weighted by Gasteiger charge is 2.28. The minimum Gasteiger partial charge on any atom is -0.508 e. The first-order valence-corrected chi connectivity index (χ1v) is 6.06. The lowest BCUT2D eigenvalue weighted by Crippen LogP contribution is -1.81. The van der Waals surface area contributed by atoms with Crippen molar-refractivity contribution in [3.05, 3.63) is 34.0 Å². The normalized spacial score (nSPS) is 15.2. The van der Waals surface area contributed by atoms with Crippen LogP contribution in [0.5, 0.6) is 5.75 Å². The van der Waals surface area contributed by atoms with E-state index in [4.69, 9.17) is 27.7 Å². The van der Waals surface area contributed by atoms with E-state index in [1.54, 1.807) is 0 Å². The second kappa shape index (κ2) is 3.93. The minimum atomic E-state index is 0.0367. The van der Waals surface area contributed by atoms with Gasteiger partial charge in [0.2, 0.25) is 0 Å². The molecule has 0 bridgehead atoms. The molecule has 1 aromatic heterocycles. The smallest absolute Gasteiger partial charge is 0.140 e. The van der Waals surface area contributed by atoms with Gasteiger partial charge in [-0.1, -0.05) is 28.4 Å². The Morgan fingerprint density at radius 1 is 1.18 bits per heavy atom. The van der Waals surface area contributed by atoms with Crippen molar-refractivity contribution in [1.29, 1.82) is 0 Å². The standard InChI is InChI=1S/C12H9Cl2NO2/c13-8-3-7(16)4-9(14)12(8)10-5-11(17-15-10)6-1-2-6/h3-6,16H,1-2H2. The van der Waals surface area contributed by atoms with Crippen molar-refractivity contribution in [3.8, 4) is 17.0 Å². The Labute approximate surface area is 108 Å². The van der Waals surface area contributed by atoms with Gasteiger partial charge in [-0.15, -0.1) is 0 Å². The number of benzene rings is 1. The highest BCUT2D eigenvalue weighted by Crippen LogP contribution is 2.43. The lowest BCUT2D eigenvalue weighted by Gasteiger charge is -2.03. The van der Waals surface area contributed by atoms with Crippen molar-refractivity contribution in [2.24, 2.45) is 0 Å². The Balaban J connectivity index is 2.07. The molecule has 1 aliphatic carbocycles. The summed E-state index contributed by atoms with van der Waals surface area (Å²) in [5.74, 6) is 1.40. The monoisotopic (exact) mass is 269 g/mol. The minimum absolute atomic E-state index is 0.0367. The molecule has 0 unspecified atom stereocenters. The van der Waals surface area contributed by atoms with Crippen LogP contribution < -0.4 is 0 Å². The molecule has 17 heavy (non-hydrogen) atoms. The van der Waals surface area contributed by atoms with Gasteiger partial charge in [0.15, 0.2) is 0 Å². The molecule has 3 rings (SSSR count). The predicted molar refractivity (Wildman–Crippen MR) is 65.6 cm³/mol. The first kappa shape index (κ1) is 10.9. The first-order chi connectivity index (χ1) is 8.15. The van der Waals surface area contributed by atoms with Gasteiger partial charge in [0, 0.05) is 17.5 Å². The zero-order valence-corrected chi connectivity index (χ0v) is 10.3. The van der Waals surface area contributed by atoms with E-state index in [2.05, 4.69) is 5.16 Å². The van der Waals surface area contributed by atoms with Gasteiger partial charge in [0.1, 0.15) is 17.2 Å². The molecule has 1 saturated carbocycles. The molecule has 1 aromatic carbocycles. The Morgan fingerprint density at radius 2 is 1.82 bits per heavy atom. The van der Waals surface area contributed by atoms with E-state index in [-0.39, 0.29) is 5.75 Å². The van der Waals surface area contributed by atoms with Gasteiger partial charge in [-0.2, -0.15) is 0 Å². The topological polar surface area (TPSA) is 46.3 Å². The summed E-state index contributed by atoms with van der Waals surface area (Å²) >= 11 is 12.1. The second-order valence-electron chi connectivity index (χ2n) is 4.17. The van der Waals surface area contributed by atoms with Crippen LogP contribution in [0.15, 0.2) is 22.7 Å². The molecule has 0 saturated heterocycles. The zero-order chi connectivity index (χ0) is 12.0. The number of rotatable bonds is 2. The maximum atomic E-state index is 9.36. The largest absolute Gasteiger partial charge is 0.508 e. The molecular formula is C12H9Cl2NO2. The summed E-state index contributed by atoms with van der Waals surface area (Å²) in [4.78, 5) is 0. The second-order valence-corrected chi connectivity index (χ2v) is 4.99. The predicted octanol–water partition coefficient (Wildman–Crippen LogP) is 4.23. The van der Waals surface area contributed by atoms with Gasteiger partial charge < -0.3 is 9.63 Å². The van der Waals surface area contributed by atoms with Crippen molar-refractivity contribution >= 4 is 23.2 Å². The van der Waals surface area contributed by atoms with Crippen LogP contribution >= 0.6 is 23.2 Å². The van der Waals surface area contributed by atoms with Crippen LogP contribution in [-0.2, 0) is 0 Å². The summed E-state index contributed by atoms with van der Waals surface area (Å²) in [5.41, 5.74) is 1.21. The highest BCUT2D eigenvalue weighted by atomic mass is 35.5. The molecular weight excluding hydrogens is 261 g/mol. The van der Waals surface area contributed by atoms with Gasteiger partial charge in [0.25, 0.3) is 0 Å². The molecule has 0 spiro atoms. The van der Waals surface area contributed by atoms with Crippen LogP contribution in [0, 0.1) is 0 Å². The van der Waals surface area contributed by atoms with E-state index in [1.807, 2.05) is 6.07 Å². The van der Waals surface area contributed by atoms with Gasteiger partial charge in [0.05, 0.1) is 10.0 Å². The van der Waals surface area contributed by atoms with Crippen LogP contribution in [0.2, 0.25) is 10.0 Å². The molecule has 3 nitrogen and oxygen atoms in total. The molecule has 1 heterocycles. The first-order valence-electron chi connectivity index (χ1n) is 5.30. The molecule has 88 valence electrons. The van der Waals surface area contributed by atoms with E-state index in [0.717, 1.165) is 18.6 Å². The number of halogens is 2. The quantitative estimate of drug-likeness (QED) is 0.888. The lowest BCUT2D eigenvalue weighted by molar-refractivity contribution is 0.386. The summed E-state index contributed by atoms with van der Waals surface area (Å²) in [6, 6.07) is 4.74. The number of aromatic hydroxyl groups is 1. The SMILES string of the molecule is Oc1cc(Cl)c(-c2cc(C3CC3)on2)c(Cl)c1. The summed E-state index contributed by atoms with van der Waals surface area (Å²) in [7, 11) is 0. The Kier molecular flexibility index (Phi) is 2.53. The van der Waals surface area contributed by atoms with Gasteiger partial charge in [-0.05, 0) is 25.0 Å².